The summed E-state index contributed by atoms with van der Waals surface area (Å²) in [6.45, 7) is 4.68. The fourth-order valence-electron chi connectivity index (χ4n) is 3.39. The Kier molecular flexibility index (Phi) is 7.28. The van der Waals surface area contributed by atoms with Crippen molar-refractivity contribution in [3.63, 3.8) is 0 Å². The van der Waals surface area contributed by atoms with E-state index in [0.717, 1.165) is 22.6 Å². The number of aryl methyl sites for hydroxylation is 1. The third-order valence-corrected chi connectivity index (χ3v) is 4.81. The molecule has 0 bridgehead atoms. The number of nitrogens with one attached hydrogen (secondary N) is 1. The second-order valence-corrected chi connectivity index (χ2v) is 6.58. The van der Waals surface area contributed by atoms with Gasteiger partial charge >= 0.3 is 0 Å². The van der Waals surface area contributed by atoms with Crippen molar-refractivity contribution >= 4 is 29.9 Å². The topological polar surface area (TPSA) is 68.2 Å². The summed E-state index contributed by atoms with van der Waals surface area (Å²) < 4.78 is 1.98. The van der Waals surface area contributed by atoms with Crippen LogP contribution in [0.1, 0.15) is 49.1 Å². The van der Waals surface area contributed by atoms with Gasteiger partial charge in [-0.25, -0.2) is 9.67 Å². The summed E-state index contributed by atoms with van der Waals surface area (Å²) in [7, 11) is 0. The number of aliphatic imine (C=N–C) groups is 1. The predicted octanol–water partition coefficient (Wildman–Crippen LogP) is 3.84. The summed E-state index contributed by atoms with van der Waals surface area (Å²) in [4.78, 5) is 4.55. The number of guanidine groups is 1. The molecule has 0 unspecified atom stereocenters. The van der Waals surface area contributed by atoms with E-state index in [1.807, 2.05) is 29.8 Å². The highest BCUT2D eigenvalue weighted by Gasteiger charge is 2.15. The molecule has 1 aromatic carbocycles. The van der Waals surface area contributed by atoms with Gasteiger partial charge in [0.2, 0.25) is 0 Å². The first kappa shape index (κ1) is 19.8. The molecule has 3 rings (SSSR count). The van der Waals surface area contributed by atoms with E-state index in [1.165, 1.54) is 32.1 Å². The van der Waals surface area contributed by atoms with E-state index in [0.29, 0.717) is 18.5 Å². The predicted molar refractivity (Wildman–Crippen MR) is 114 cm³/mol. The zero-order valence-electron chi connectivity index (χ0n) is 15.0. The minimum atomic E-state index is 0. The van der Waals surface area contributed by atoms with E-state index >= 15 is 0 Å². The second kappa shape index (κ2) is 9.22. The molecule has 1 fully saturated rings. The molecule has 0 atom stereocenters. The number of nitrogens with two attached hydrogens (primary N) is 1. The minimum absolute atomic E-state index is 0. The van der Waals surface area contributed by atoms with E-state index in [4.69, 9.17) is 5.73 Å². The Morgan fingerprint density at radius 3 is 2.56 bits per heavy atom. The second-order valence-electron chi connectivity index (χ2n) is 6.58. The summed E-state index contributed by atoms with van der Waals surface area (Å²) in [6, 6.07) is 10.7. The van der Waals surface area contributed by atoms with Crippen molar-refractivity contribution < 1.29 is 0 Å². The SMILES string of the molecule is Cc1nn(-c2ccccc2)c(C)c1CN=C(N)NC1CCCCC1.I. The minimum Gasteiger partial charge on any atom is -0.370 e. The fourth-order valence-corrected chi connectivity index (χ4v) is 3.39. The monoisotopic (exact) mass is 453 g/mol. The summed E-state index contributed by atoms with van der Waals surface area (Å²) in [5.74, 6) is 0.549. The number of nitrogens with zero attached hydrogens (tertiary/aromatic N) is 3. The Morgan fingerprint density at radius 1 is 1.20 bits per heavy atom. The molecule has 25 heavy (non-hydrogen) atoms. The van der Waals surface area contributed by atoms with Crippen LogP contribution >= 0.6 is 24.0 Å². The van der Waals surface area contributed by atoms with E-state index < -0.39 is 0 Å². The van der Waals surface area contributed by atoms with Crippen molar-refractivity contribution in [1.29, 1.82) is 0 Å². The first-order valence-corrected chi connectivity index (χ1v) is 8.82. The zero-order valence-corrected chi connectivity index (χ0v) is 17.4. The van der Waals surface area contributed by atoms with Crippen LogP contribution < -0.4 is 11.1 Å². The molecule has 1 saturated carbocycles. The molecule has 0 spiro atoms. The molecule has 0 saturated heterocycles. The number of para-hydroxylation sites is 1. The van der Waals surface area contributed by atoms with E-state index in [-0.39, 0.29) is 24.0 Å². The van der Waals surface area contributed by atoms with Crippen molar-refractivity contribution in [1.82, 2.24) is 15.1 Å². The summed E-state index contributed by atoms with van der Waals surface area (Å²) in [5, 5.41) is 8.03. The van der Waals surface area contributed by atoms with Crippen LogP contribution in [-0.2, 0) is 6.54 Å². The van der Waals surface area contributed by atoms with Gasteiger partial charge in [0.1, 0.15) is 0 Å². The normalized spacial score (nSPS) is 15.7. The van der Waals surface area contributed by atoms with Crippen LogP contribution in [0.15, 0.2) is 35.3 Å². The molecule has 6 heteroatoms. The van der Waals surface area contributed by atoms with E-state index in [1.54, 1.807) is 0 Å². The van der Waals surface area contributed by atoms with Gasteiger partial charge in [-0.1, -0.05) is 37.5 Å². The smallest absolute Gasteiger partial charge is 0.189 e. The third-order valence-electron chi connectivity index (χ3n) is 4.81. The molecule has 0 radical (unpaired) electrons. The van der Waals surface area contributed by atoms with Crippen LogP contribution in [0.4, 0.5) is 0 Å². The lowest BCUT2D eigenvalue weighted by molar-refractivity contribution is 0.412. The molecule has 1 aliphatic carbocycles. The number of rotatable bonds is 4. The molecule has 1 aromatic heterocycles. The Hall–Kier alpha value is -1.57. The maximum absolute atomic E-state index is 6.08. The number of hydrogen-bond acceptors (Lipinski definition) is 2. The van der Waals surface area contributed by atoms with Crippen LogP contribution in [0, 0.1) is 13.8 Å². The largest absolute Gasteiger partial charge is 0.370 e. The van der Waals surface area contributed by atoms with Gasteiger partial charge < -0.3 is 11.1 Å². The summed E-state index contributed by atoms with van der Waals surface area (Å²) >= 11 is 0. The van der Waals surface area contributed by atoms with E-state index in [9.17, 15) is 0 Å². The quantitative estimate of drug-likeness (QED) is 0.420. The van der Waals surface area contributed by atoms with Gasteiger partial charge in [-0.2, -0.15) is 5.10 Å². The molecule has 1 heterocycles. The Bertz CT molecular complexity index is 702. The molecule has 0 amide bonds. The van der Waals surface area contributed by atoms with Crippen molar-refractivity contribution in [2.75, 3.05) is 0 Å². The Morgan fingerprint density at radius 2 is 1.88 bits per heavy atom. The highest BCUT2D eigenvalue weighted by atomic mass is 127. The molecule has 1 aliphatic rings. The number of halogens is 1. The molecule has 3 N–H and O–H groups in total. The lowest BCUT2D eigenvalue weighted by Gasteiger charge is -2.23. The highest BCUT2D eigenvalue weighted by Crippen LogP contribution is 2.19. The lowest BCUT2D eigenvalue weighted by Crippen LogP contribution is -2.41. The average Bonchev–Trinajstić information content (AvgIpc) is 2.89. The number of hydrogen-bond donors (Lipinski definition) is 2. The molecular formula is C19H28IN5. The van der Waals surface area contributed by atoms with E-state index in [2.05, 4.69) is 34.5 Å². The first-order chi connectivity index (χ1) is 11.6. The van der Waals surface area contributed by atoms with Crippen LogP contribution in [-0.4, -0.2) is 21.8 Å². The average molecular weight is 453 g/mol. The van der Waals surface area contributed by atoms with Crippen molar-refractivity contribution in [3.05, 3.63) is 47.3 Å². The maximum Gasteiger partial charge on any atom is 0.189 e. The molecule has 136 valence electrons. The molecular weight excluding hydrogens is 425 g/mol. The van der Waals surface area contributed by atoms with Crippen LogP contribution in [0.25, 0.3) is 5.69 Å². The molecule has 0 aliphatic heterocycles. The first-order valence-electron chi connectivity index (χ1n) is 8.82. The van der Waals surface area contributed by atoms with Gasteiger partial charge in [0, 0.05) is 17.3 Å². The van der Waals surface area contributed by atoms with Gasteiger partial charge in [0.05, 0.1) is 17.9 Å². The zero-order chi connectivity index (χ0) is 16.9. The van der Waals surface area contributed by atoms with Gasteiger partial charge in [-0.3, -0.25) is 0 Å². The van der Waals surface area contributed by atoms with Gasteiger partial charge in [-0.15, -0.1) is 24.0 Å². The summed E-state index contributed by atoms with van der Waals surface area (Å²) in [5.41, 5.74) is 10.4. The van der Waals surface area contributed by atoms with Crippen LogP contribution in [0.3, 0.4) is 0 Å². The van der Waals surface area contributed by atoms with Gasteiger partial charge in [0.25, 0.3) is 0 Å². The van der Waals surface area contributed by atoms with Crippen LogP contribution in [0.2, 0.25) is 0 Å². The van der Waals surface area contributed by atoms with Crippen molar-refractivity contribution in [2.45, 2.75) is 58.5 Å². The summed E-state index contributed by atoms with van der Waals surface area (Å²) in [6.07, 6.45) is 6.30. The van der Waals surface area contributed by atoms with Crippen LogP contribution in [0.5, 0.6) is 0 Å². The Balaban J connectivity index is 0.00000225. The lowest BCUT2D eigenvalue weighted by atomic mass is 9.96. The van der Waals surface area contributed by atoms with Crippen molar-refractivity contribution in [3.8, 4) is 5.69 Å². The molecule has 2 aromatic rings. The fraction of sp³-hybridized carbons (Fsp3) is 0.474. The number of aromatic nitrogens is 2. The molecule has 5 nitrogen and oxygen atoms in total. The standard InChI is InChI=1S/C19H27N5.HI/c1-14-18(13-21-19(20)22-16-9-5-3-6-10-16)15(2)24(23-14)17-11-7-4-8-12-17;/h4,7-8,11-12,16H,3,5-6,9-10,13H2,1-2H3,(H3,20,21,22);1H. The Labute approximate surface area is 167 Å². The van der Waals surface area contributed by atoms with Gasteiger partial charge in [-0.05, 0) is 38.8 Å². The number of benzene rings is 1. The highest BCUT2D eigenvalue weighted by molar-refractivity contribution is 14.0. The maximum atomic E-state index is 6.08. The van der Waals surface area contributed by atoms with Crippen molar-refractivity contribution in [2.24, 2.45) is 10.7 Å². The third kappa shape index (κ3) is 4.96. The van der Waals surface area contributed by atoms with Gasteiger partial charge in [0.15, 0.2) is 5.96 Å².